The minimum atomic E-state index is 0.117. The Bertz CT molecular complexity index is 630. The third kappa shape index (κ3) is 2.70. The molecule has 0 fully saturated rings. The number of fused-ring (bicyclic) bond motifs is 1. The molecule has 3 rings (SSSR count). The summed E-state index contributed by atoms with van der Waals surface area (Å²) in [4.78, 5) is 14.7. The zero-order valence-corrected chi connectivity index (χ0v) is 12.2. The van der Waals surface area contributed by atoms with E-state index in [2.05, 4.69) is 13.0 Å². The van der Waals surface area contributed by atoms with Gasteiger partial charge in [-0.1, -0.05) is 6.92 Å². The molecule has 0 atom stereocenters. The molecule has 104 valence electrons. The number of rotatable bonds is 4. The average molecular weight is 288 g/mol. The SMILES string of the molecule is CCc1ccc(CC(=O)c2ccc3c(c2)OCCO3)s1. The number of carbonyl (C=O) groups excluding carboxylic acids is 1. The first kappa shape index (κ1) is 13.2. The Morgan fingerprint density at radius 3 is 2.60 bits per heavy atom. The van der Waals surface area contributed by atoms with Crippen molar-refractivity contribution in [3.05, 3.63) is 45.6 Å². The number of thiophene rings is 1. The minimum Gasteiger partial charge on any atom is -0.486 e. The van der Waals surface area contributed by atoms with Gasteiger partial charge in [0.2, 0.25) is 0 Å². The lowest BCUT2D eigenvalue weighted by molar-refractivity contribution is 0.0992. The van der Waals surface area contributed by atoms with Gasteiger partial charge in [-0.15, -0.1) is 11.3 Å². The predicted molar refractivity (Wildman–Crippen MR) is 79.2 cm³/mol. The number of ether oxygens (including phenoxy) is 2. The van der Waals surface area contributed by atoms with Crippen LogP contribution >= 0.6 is 11.3 Å². The van der Waals surface area contributed by atoms with Crippen LogP contribution in [0, 0.1) is 0 Å². The van der Waals surface area contributed by atoms with E-state index in [0.29, 0.717) is 30.9 Å². The van der Waals surface area contributed by atoms with E-state index < -0.39 is 0 Å². The van der Waals surface area contributed by atoms with Crippen molar-refractivity contribution in [3.8, 4) is 11.5 Å². The van der Waals surface area contributed by atoms with Crippen LogP contribution in [0.3, 0.4) is 0 Å². The van der Waals surface area contributed by atoms with Crippen LogP contribution in [0.4, 0.5) is 0 Å². The van der Waals surface area contributed by atoms with Gasteiger partial charge in [0.05, 0.1) is 0 Å². The number of aryl methyl sites for hydroxylation is 1. The number of Topliss-reactive ketones (excluding diaryl/α,β-unsaturated/α-hetero) is 1. The van der Waals surface area contributed by atoms with Crippen molar-refractivity contribution in [2.45, 2.75) is 19.8 Å². The Balaban J connectivity index is 1.76. The van der Waals surface area contributed by atoms with E-state index >= 15 is 0 Å². The third-order valence-corrected chi connectivity index (χ3v) is 4.49. The Hall–Kier alpha value is -1.81. The molecule has 0 saturated carbocycles. The van der Waals surface area contributed by atoms with Gasteiger partial charge in [0.1, 0.15) is 13.2 Å². The summed E-state index contributed by atoms with van der Waals surface area (Å²) >= 11 is 1.71. The van der Waals surface area contributed by atoms with Gasteiger partial charge in [-0.25, -0.2) is 0 Å². The highest BCUT2D eigenvalue weighted by atomic mass is 32.1. The van der Waals surface area contributed by atoms with E-state index in [-0.39, 0.29) is 5.78 Å². The molecule has 0 N–H and O–H groups in total. The van der Waals surface area contributed by atoms with Crippen LogP contribution in [0.2, 0.25) is 0 Å². The second kappa shape index (κ2) is 5.67. The Morgan fingerprint density at radius 1 is 1.10 bits per heavy atom. The number of carbonyl (C=O) groups is 1. The topological polar surface area (TPSA) is 35.5 Å². The van der Waals surface area contributed by atoms with Gasteiger partial charge in [-0.05, 0) is 36.8 Å². The predicted octanol–water partition coefficient (Wildman–Crippen LogP) is 3.51. The molecule has 1 aliphatic heterocycles. The summed E-state index contributed by atoms with van der Waals surface area (Å²) in [6.07, 6.45) is 1.47. The Kier molecular flexibility index (Phi) is 3.74. The van der Waals surface area contributed by atoms with E-state index in [0.717, 1.165) is 17.0 Å². The van der Waals surface area contributed by atoms with Crippen LogP contribution in [0.1, 0.15) is 27.0 Å². The number of benzene rings is 1. The van der Waals surface area contributed by atoms with Crippen LogP contribution in [-0.2, 0) is 12.8 Å². The summed E-state index contributed by atoms with van der Waals surface area (Å²) in [6, 6.07) is 9.54. The fraction of sp³-hybridized carbons (Fsp3) is 0.312. The Labute approximate surface area is 122 Å². The molecule has 1 aliphatic rings. The molecule has 0 spiro atoms. The highest BCUT2D eigenvalue weighted by molar-refractivity contribution is 7.12. The molecule has 0 aliphatic carbocycles. The summed E-state index contributed by atoms with van der Waals surface area (Å²) in [6.45, 7) is 3.23. The summed E-state index contributed by atoms with van der Waals surface area (Å²) < 4.78 is 11.0. The van der Waals surface area contributed by atoms with Crippen LogP contribution in [0.15, 0.2) is 30.3 Å². The zero-order chi connectivity index (χ0) is 13.9. The molecule has 2 aromatic rings. The number of hydrogen-bond donors (Lipinski definition) is 0. The fourth-order valence-electron chi connectivity index (χ4n) is 2.18. The molecule has 1 aromatic carbocycles. The molecule has 20 heavy (non-hydrogen) atoms. The lowest BCUT2D eigenvalue weighted by Crippen LogP contribution is -2.16. The molecule has 0 unspecified atom stereocenters. The summed E-state index contributed by atoms with van der Waals surface area (Å²) in [7, 11) is 0. The number of hydrogen-bond acceptors (Lipinski definition) is 4. The van der Waals surface area contributed by atoms with Crippen LogP contribution < -0.4 is 9.47 Å². The first-order chi connectivity index (χ1) is 9.76. The van der Waals surface area contributed by atoms with Crippen LogP contribution in [-0.4, -0.2) is 19.0 Å². The van der Waals surface area contributed by atoms with Crippen molar-refractivity contribution in [2.24, 2.45) is 0 Å². The van der Waals surface area contributed by atoms with Gasteiger partial charge in [-0.3, -0.25) is 4.79 Å². The van der Waals surface area contributed by atoms with Crippen molar-refractivity contribution in [2.75, 3.05) is 13.2 Å². The van der Waals surface area contributed by atoms with E-state index in [1.165, 1.54) is 4.88 Å². The van der Waals surface area contributed by atoms with Crippen molar-refractivity contribution < 1.29 is 14.3 Å². The van der Waals surface area contributed by atoms with Crippen molar-refractivity contribution in [1.82, 2.24) is 0 Å². The maximum absolute atomic E-state index is 12.3. The second-order valence-electron chi connectivity index (χ2n) is 4.68. The summed E-state index contributed by atoms with van der Waals surface area (Å²) in [5.74, 6) is 1.51. The second-order valence-corrected chi connectivity index (χ2v) is 5.93. The van der Waals surface area contributed by atoms with Crippen LogP contribution in [0.5, 0.6) is 11.5 Å². The van der Waals surface area contributed by atoms with Gasteiger partial charge < -0.3 is 9.47 Å². The molecule has 0 radical (unpaired) electrons. The van der Waals surface area contributed by atoms with Crippen molar-refractivity contribution >= 4 is 17.1 Å². The van der Waals surface area contributed by atoms with Gasteiger partial charge in [0.15, 0.2) is 17.3 Å². The normalized spacial score (nSPS) is 13.2. The van der Waals surface area contributed by atoms with E-state index in [4.69, 9.17) is 9.47 Å². The monoisotopic (exact) mass is 288 g/mol. The van der Waals surface area contributed by atoms with Gasteiger partial charge in [0, 0.05) is 21.7 Å². The third-order valence-electron chi connectivity index (χ3n) is 3.26. The molecule has 1 aromatic heterocycles. The maximum Gasteiger partial charge on any atom is 0.168 e. The summed E-state index contributed by atoms with van der Waals surface area (Å²) in [5, 5.41) is 0. The molecule has 0 amide bonds. The van der Waals surface area contributed by atoms with E-state index in [1.807, 2.05) is 18.2 Å². The molecule has 4 heteroatoms. The highest BCUT2D eigenvalue weighted by Crippen LogP contribution is 2.31. The van der Waals surface area contributed by atoms with E-state index in [1.54, 1.807) is 17.4 Å². The van der Waals surface area contributed by atoms with Gasteiger partial charge in [0.25, 0.3) is 0 Å². The Morgan fingerprint density at radius 2 is 1.85 bits per heavy atom. The lowest BCUT2D eigenvalue weighted by Gasteiger charge is -2.18. The molecular formula is C16H16O3S. The standard InChI is InChI=1S/C16H16O3S/c1-2-12-4-5-13(20-12)10-14(17)11-3-6-15-16(9-11)19-8-7-18-15/h3-6,9H,2,7-8,10H2,1H3. The summed E-state index contributed by atoms with van der Waals surface area (Å²) in [5.41, 5.74) is 0.681. The van der Waals surface area contributed by atoms with Crippen molar-refractivity contribution in [3.63, 3.8) is 0 Å². The van der Waals surface area contributed by atoms with E-state index in [9.17, 15) is 4.79 Å². The molecule has 0 bridgehead atoms. The van der Waals surface area contributed by atoms with Gasteiger partial charge >= 0.3 is 0 Å². The maximum atomic E-state index is 12.3. The molecule has 3 nitrogen and oxygen atoms in total. The zero-order valence-electron chi connectivity index (χ0n) is 11.3. The quantitative estimate of drug-likeness (QED) is 0.808. The average Bonchev–Trinajstić information content (AvgIpc) is 2.94. The first-order valence-electron chi connectivity index (χ1n) is 6.76. The smallest absolute Gasteiger partial charge is 0.168 e. The van der Waals surface area contributed by atoms with Crippen LogP contribution in [0.25, 0.3) is 0 Å². The molecule has 0 saturated heterocycles. The largest absolute Gasteiger partial charge is 0.486 e. The highest BCUT2D eigenvalue weighted by Gasteiger charge is 2.15. The number of ketones is 1. The lowest BCUT2D eigenvalue weighted by atomic mass is 10.1. The molecule has 2 heterocycles. The van der Waals surface area contributed by atoms with Gasteiger partial charge in [-0.2, -0.15) is 0 Å². The first-order valence-corrected chi connectivity index (χ1v) is 7.58. The van der Waals surface area contributed by atoms with Crippen molar-refractivity contribution in [1.29, 1.82) is 0 Å². The molecular weight excluding hydrogens is 272 g/mol. The minimum absolute atomic E-state index is 0.117. The fourth-order valence-corrected chi connectivity index (χ4v) is 3.14.